The van der Waals surface area contributed by atoms with Crippen LogP contribution in [0.5, 0.6) is 0 Å². The lowest BCUT2D eigenvalue weighted by Gasteiger charge is -2.14. The molecular weight excluding hydrogens is 290 g/mol. The fraction of sp³-hybridized carbons (Fsp3) is 0.714. The van der Waals surface area contributed by atoms with Crippen molar-refractivity contribution < 1.29 is 0 Å². The number of aryl methyl sites for hydroxylation is 1. The second-order valence-corrected chi connectivity index (χ2v) is 6.10. The Morgan fingerprint density at radius 1 is 1.17 bits per heavy atom. The van der Waals surface area contributed by atoms with Gasteiger partial charge in [-0.25, -0.2) is 9.97 Å². The average molecular weight is 314 g/mol. The Morgan fingerprint density at radius 3 is 2.33 bits per heavy atom. The minimum atomic E-state index is 0.401. The summed E-state index contributed by atoms with van der Waals surface area (Å²) >= 11 is 3.61. The lowest BCUT2D eigenvalue weighted by Crippen LogP contribution is -2.09. The van der Waals surface area contributed by atoms with Gasteiger partial charge in [-0.3, -0.25) is 0 Å². The summed E-state index contributed by atoms with van der Waals surface area (Å²) in [5, 5.41) is 3.30. The summed E-state index contributed by atoms with van der Waals surface area (Å²) in [6.45, 7) is 11.7. The highest BCUT2D eigenvalue weighted by Gasteiger charge is 2.14. The van der Waals surface area contributed by atoms with Gasteiger partial charge in [0.25, 0.3) is 0 Å². The zero-order valence-corrected chi connectivity index (χ0v) is 13.6. The van der Waals surface area contributed by atoms with Crippen LogP contribution in [0.1, 0.15) is 58.5 Å². The van der Waals surface area contributed by atoms with Crippen LogP contribution < -0.4 is 5.32 Å². The van der Waals surface area contributed by atoms with E-state index in [4.69, 9.17) is 0 Å². The van der Waals surface area contributed by atoms with E-state index in [0.29, 0.717) is 11.8 Å². The van der Waals surface area contributed by atoms with Gasteiger partial charge in [0.1, 0.15) is 11.6 Å². The Balaban J connectivity index is 3.04. The van der Waals surface area contributed by atoms with Crippen LogP contribution in [0.4, 0.5) is 5.82 Å². The SMILES string of the molecule is CCNc1nc(CCC(C)C)nc(C(C)C)c1Br. The number of nitrogens with one attached hydrogen (secondary N) is 1. The Labute approximate surface area is 119 Å². The number of halogens is 1. The number of aromatic nitrogens is 2. The van der Waals surface area contributed by atoms with E-state index >= 15 is 0 Å². The van der Waals surface area contributed by atoms with Crippen molar-refractivity contribution in [3.63, 3.8) is 0 Å². The molecule has 0 aliphatic carbocycles. The fourth-order valence-corrected chi connectivity index (χ4v) is 2.48. The van der Waals surface area contributed by atoms with Gasteiger partial charge >= 0.3 is 0 Å². The molecule has 1 aromatic rings. The minimum Gasteiger partial charge on any atom is -0.369 e. The first-order chi connectivity index (χ1) is 8.45. The summed E-state index contributed by atoms with van der Waals surface area (Å²) in [6.07, 6.45) is 2.08. The first-order valence-corrected chi connectivity index (χ1v) is 7.55. The molecule has 3 nitrogen and oxygen atoms in total. The van der Waals surface area contributed by atoms with Gasteiger partial charge in [0.2, 0.25) is 0 Å². The molecule has 1 N–H and O–H groups in total. The Hall–Kier alpha value is -0.640. The van der Waals surface area contributed by atoms with Crippen molar-refractivity contribution in [3.05, 3.63) is 16.0 Å². The van der Waals surface area contributed by atoms with Crippen LogP contribution in [0.3, 0.4) is 0 Å². The highest BCUT2D eigenvalue weighted by Crippen LogP contribution is 2.29. The number of rotatable bonds is 6. The van der Waals surface area contributed by atoms with Gasteiger partial charge in [0.15, 0.2) is 0 Å². The largest absolute Gasteiger partial charge is 0.369 e. The molecule has 0 aliphatic rings. The molecule has 0 saturated heterocycles. The standard InChI is InChI=1S/C14H24BrN3/c1-6-16-14-12(15)13(10(4)5)17-11(18-14)8-7-9(2)3/h9-10H,6-8H2,1-5H3,(H,16,17,18). The summed E-state index contributed by atoms with van der Waals surface area (Å²) in [5.74, 6) is 2.96. The van der Waals surface area contributed by atoms with E-state index in [-0.39, 0.29) is 0 Å². The lowest BCUT2D eigenvalue weighted by atomic mass is 10.1. The third-order valence-electron chi connectivity index (χ3n) is 2.76. The molecule has 0 aromatic carbocycles. The smallest absolute Gasteiger partial charge is 0.144 e. The first-order valence-electron chi connectivity index (χ1n) is 6.75. The van der Waals surface area contributed by atoms with Gasteiger partial charge in [-0.15, -0.1) is 0 Å². The predicted molar refractivity (Wildman–Crippen MR) is 81.1 cm³/mol. The molecule has 18 heavy (non-hydrogen) atoms. The quantitative estimate of drug-likeness (QED) is 0.846. The number of hydrogen-bond acceptors (Lipinski definition) is 3. The van der Waals surface area contributed by atoms with Crippen molar-refractivity contribution in [1.82, 2.24) is 9.97 Å². The maximum absolute atomic E-state index is 4.69. The number of nitrogens with zero attached hydrogens (tertiary/aromatic N) is 2. The van der Waals surface area contributed by atoms with Gasteiger partial charge in [-0.05, 0) is 41.1 Å². The zero-order valence-electron chi connectivity index (χ0n) is 12.0. The van der Waals surface area contributed by atoms with Crippen molar-refractivity contribution in [2.45, 2.75) is 53.4 Å². The molecule has 0 spiro atoms. The topological polar surface area (TPSA) is 37.8 Å². The minimum absolute atomic E-state index is 0.401. The first kappa shape index (κ1) is 15.4. The molecule has 102 valence electrons. The van der Waals surface area contributed by atoms with E-state index in [9.17, 15) is 0 Å². The summed E-state index contributed by atoms with van der Waals surface area (Å²) < 4.78 is 1.01. The molecule has 0 aliphatic heterocycles. The maximum Gasteiger partial charge on any atom is 0.144 e. The van der Waals surface area contributed by atoms with Gasteiger partial charge in [0, 0.05) is 13.0 Å². The van der Waals surface area contributed by atoms with E-state index < -0.39 is 0 Å². The molecule has 0 saturated carbocycles. The van der Waals surface area contributed by atoms with E-state index in [1.54, 1.807) is 0 Å². The second-order valence-electron chi connectivity index (χ2n) is 5.31. The van der Waals surface area contributed by atoms with Crippen molar-refractivity contribution >= 4 is 21.7 Å². The summed E-state index contributed by atoms with van der Waals surface area (Å²) in [6, 6.07) is 0. The number of anilines is 1. The fourth-order valence-electron chi connectivity index (χ4n) is 1.71. The van der Waals surface area contributed by atoms with Crippen molar-refractivity contribution in [2.24, 2.45) is 5.92 Å². The van der Waals surface area contributed by atoms with E-state index in [1.807, 2.05) is 0 Å². The highest BCUT2D eigenvalue weighted by atomic mass is 79.9. The summed E-state index contributed by atoms with van der Waals surface area (Å²) in [7, 11) is 0. The molecule has 0 bridgehead atoms. The molecule has 0 fully saturated rings. The van der Waals surface area contributed by atoms with E-state index in [2.05, 4.69) is 65.8 Å². The summed E-state index contributed by atoms with van der Waals surface area (Å²) in [5.41, 5.74) is 1.10. The molecule has 1 aromatic heterocycles. The molecule has 0 unspecified atom stereocenters. The third-order valence-corrected chi connectivity index (χ3v) is 3.54. The highest BCUT2D eigenvalue weighted by molar-refractivity contribution is 9.10. The van der Waals surface area contributed by atoms with Crippen LogP contribution >= 0.6 is 15.9 Å². The molecule has 0 radical (unpaired) electrons. The Bertz CT molecular complexity index is 389. The van der Waals surface area contributed by atoms with Crippen molar-refractivity contribution in [2.75, 3.05) is 11.9 Å². The van der Waals surface area contributed by atoms with Crippen molar-refractivity contribution in [1.29, 1.82) is 0 Å². The molecule has 4 heteroatoms. The normalized spacial score (nSPS) is 11.3. The zero-order chi connectivity index (χ0) is 13.7. The van der Waals surface area contributed by atoms with Crippen LogP contribution in [0, 0.1) is 5.92 Å². The van der Waals surface area contributed by atoms with Crippen LogP contribution in [0.2, 0.25) is 0 Å². The van der Waals surface area contributed by atoms with Crippen LogP contribution in [-0.2, 0) is 6.42 Å². The van der Waals surface area contributed by atoms with E-state index in [0.717, 1.165) is 41.2 Å². The van der Waals surface area contributed by atoms with Gasteiger partial charge < -0.3 is 5.32 Å². The number of hydrogen-bond donors (Lipinski definition) is 1. The van der Waals surface area contributed by atoms with Gasteiger partial charge in [-0.2, -0.15) is 0 Å². The van der Waals surface area contributed by atoms with Crippen molar-refractivity contribution in [3.8, 4) is 0 Å². The Morgan fingerprint density at radius 2 is 1.83 bits per heavy atom. The third kappa shape index (κ3) is 4.23. The Kier molecular flexibility index (Phi) is 6.06. The molecule has 1 rings (SSSR count). The van der Waals surface area contributed by atoms with Crippen LogP contribution in [-0.4, -0.2) is 16.5 Å². The molecule has 1 heterocycles. The predicted octanol–water partition coefficient (Wildman–Crippen LogP) is 4.38. The molecule has 0 amide bonds. The van der Waals surface area contributed by atoms with Crippen LogP contribution in [0.25, 0.3) is 0 Å². The van der Waals surface area contributed by atoms with Crippen LogP contribution in [0.15, 0.2) is 4.47 Å². The molecular formula is C14H24BrN3. The average Bonchev–Trinajstić information content (AvgIpc) is 2.29. The van der Waals surface area contributed by atoms with Gasteiger partial charge in [-0.1, -0.05) is 27.7 Å². The van der Waals surface area contributed by atoms with E-state index in [1.165, 1.54) is 0 Å². The van der Waals surface area contributed by atoms with Gasteiger partial charge in [0.05, 0.1) is 10.2 Å². The molecule has 0 atom stereocenters. The lowest BCUT2D eigenvalue weighted by molar-refractivity contribution is 0.572. The maximum atomic E-state index is 4.69. The summed E-state index contributed by atoms with van der Waals surface area (Å²) in [4.78, 5) is 9.30. The second kappa shape index (κ2) is 7.07. The monoisotopic (exact) mass is 313 g/mol.